The Morgan fingerprint density at radius 2 is 2.29 bits per heavy atom. The van der Waals surface area contributed by atoms with Crippen molar-refractivity contribution < 1.29 is 13.2 Å². The van der Waals surface area contributed by atoms with E-state index < -0.39 is 15.1 Å². The second-order valence-corrected chi connectivity index (χ2v) is 7.83. The standard InChI is InChI=1S/C14H25N3O3S/c1-4-8-17-14(11(20-3)10-16-17)13(15-2)12-7-5-6-9-21(12,18)19/h10,12-13,15H,4-9H2,1-3H3. The normalized spacial score (nSPS) is 22.9. The maximum absolute atomic E-state index is 12.4. The number of nitrogens with zero attached hydrogens (tertiary/aromatic N) is 2. The summed E-state index contributed by atoms with van der Waals surface area (Å²) in [6.45, 7) is 2.83. The number of ether oxygens (including phenoxy) is 1. The van der Waals surface area contributed by atoms with Gasteiger partial charge in [0, 0.05) is 6.54 Å². The lowest BCUT2D eigenvalue weighted by molar-refractivity contribution is 0.382. The van der Waals surface area contributed by atoms with Crippen LogP contribution in [0.25, 0.3) is 0 Å². The lowest BCUT2D eigenvalue weighted by atomic mass is 10.0. The number of hydrogen-bond acceptors (Lipinski definition) is 5. The Hall–Kier alpha value is -1.08. The van der Waals surface area contributed by atoms with E-state index in [1.165, 1.54) is 0 Å². The maximum Gasteiger partial charge on any atom is 0.161 e. The van der Waals surface area contributed by atoms with Gasteiger partial charge in [-0.3, -0.25) is 4.68 Å². The van der Waals surface area contributed by atoms with E-state index in [0.717, 1.165) is 31.5 Å². The highest BCUT2D eigenvalue weighted by Crippen LogP contribution is 2.34. The monoisotopic (exact) mass is 315 g/mol. The molecule has 1 N–H and O–H groups in total. The zero-order valence-electron chi connectivity index (χ0n) is 13.0. The van der Waals surface area contributed by atoms with Crippen molar-refractivity contribution in [2.75, 3.05) is 19.9 Å². The Balaban J connectivity index is 2.43. The molecular formula is C14H25N3O3S. The topological polar surface area (TPSA) is 73.2 Å². The summed E-state index contributed by atoms with van der Waals surface area (Å²) in [5.74, 6) is 0.934. The molecule has 7 heteroatoms. The van der Waals surface area contributed by atoms with E-state index in [0.29, 0.717) is 12.2 Å². The number of aromatic nitrogens is 2. The molecule has 2 unspecified atom stereocenters. The highest BCUT2D eigenvalue weighted by Gasteiger charge is 2.38. The number of aryl methyl sites for hydroxylation is 1. The number of sulfone groups is 1. The van der Waals surface area contributed by atoms with Gasteiger partial charge in [-0.25, -0.2) is 8.42 Å². The number of rotatable bonds is 6. The first kappa shape index (κ1) is 16.3. The van der Waals surface area contributed by atoms with Gasteiger partial charge < -0.3 is 10.1 Å². The van der Waals surface area contributed by atoms with Crippen molar-refractivity contribution in [1.82, 2.24) is 15.1 Å². The van der Waals surface area contributed by atoms with Crippen LogP contribution in [-0.4, -0.2) is 43.4 Å². The highest BCUT2D eigenvalue weighted by atomic mass is 32.2. The van der Waals surface area contributed by atoms with Crippen LogP contribution >= 0.6 is 0 Å². The van der Waals surface area contributed by atoms with Crippen molar-refractivity contribution in [3.05, 3.63) is 11.9 Å². The predicted molar refractivity (Wildman–Crippen MR) is 82.3 cm³/mol. The summed E-state index contributed by atoms with van der Waals surface area (Å²) >= 11 is 0. The lowest BCUT2D eigenvalue weighted by Gasteiger charge is -2.30. The van der Waals surface area contributed by atoms with Gasteiger partial charge in [-0.15, -0.1) is 0 Å². The molecule has 2 atom stereocenters. The molecule has 21 heavy (non-hydrogen) atoms. The smallest absolute Gasteiger partial charge is 0.161 e. The summed E-state index contributed by atoms with van der Waals surface area (Å²) in [5, 5.41) is 7.12. The van der Waals surface area contributed by atoms with Gasteiger partial charge in [-0.2, -0.15) is 5.10 Å². The Morgan fingerprint density at radius 1 is 1.52 bits per heavy atom. The van der Waals surface area contributed by atoms with E-state index in [1.807, 2.05) is 4.68 Å². The van der Waals surface area contributed by atoms with E-state index in [9.17, 15) is 8.42 Å². The fourth-order valence-electron chi connectivity index (χ4n) is 3.09. The van der Waals surface area contributed by atoms with Crippen molar-refractivity contribution >= 4 is 9.84 Å². The lowest BCUT2D eigenvalue weighted by Crippen LogP contribution is -2.40. The van der Waals surface area contributed by atoms with E-state index in [2.05, 4.69) is 17.3 Å². The average Bonchev–Trinajstić information content (AvgIpc) is 2.85. The molecule has 0 radical (unpaired) electrons. The summed E-state index contributed by atoms with van der Waals surface area (Å²) in [4.78, 5) is 0. The number of methoxy groups -OCH3 is 1. The van der Waals surface area contributed by atoms with Gasteiger partial charge in [0.25, 0.3) is 0 Å². The molecule has 120 valence electrons. The Morgan fingerprint density at radius 3 is 2.86 bits per heavy atom. The summed E-state index contributed by atoms with van der Waals surface area (Å²) < 4.78 is 32.1. The van der Waals surface area contributed by atoms with Gasteiger partial charge >= 0.3 is 0 Å². The minimum atomic E-state index is -3.08. The van der Waals surface area contributed by atoms with Gasteiger partial charge in [-0.1, -0.05) is 13.3 Å². The first-order valence-electron chi connectivity index (χ1n) is 7.53. The molecule has 1 saturated heterocycles. The quantitative estimate of drug-likeness (QED) is 0.862. The molecule has 0 saturated carbocycles. The molecular weight excluding hydrogens is 290 g/mol. The number of hydrogen-bond donors (Lipinski definition) is 1. The Kier molecular flexibility index (Phi) is 5.27. The molecule has 1 fully saturated rings. The molecule has 2 rings (SSSR count). The second-order valence-electron chi connectivity index (χ2n) is 5.49. The predicted octanol–water partition coefficient (Wildman–Crippen LogP) is 1.53. The Bertz CT molecular complexity index is 568. The fourth-order valence-corrected chi connectivity index (χ4v) is 5.21. The maximum atomic E-state index is 12.4. The largest absolute Gasteiger partial charge is 0.493 e. The van der Waals surface area contributed by atoms with E-state index in [4.69, 9.17) is 4.74 Å². The zero-order chi connectivity index (χ0) is 15.5. The van der Waals surface area contributed by atoms with Gasteiger partial charge in [0.15, 0.2) is 15.6 Å². The molecule has 1 aliphatic rings. The van der Waals surface area contributed by atoms with E-state index >= 15 is 0 Å². The van der Waals surface area contributed by atoms with Crippen LogP contribution in [0.5, 0.6) is 5.75 Å². The summed E-state index contributed by atoms with van der Waals surface area (Å²) in [6.07, 6.45) is 5.01. The number of nitrogens with one attached hydrogen (secondary N) is 1. The van der Waals surface area contributed by atoms with Crippen molar-refractivity contribution in [2.45, 2.75) is 50.4 Å². The molecule has 1 aliphatic heterocycles. The van der Waals surface area contributed by atoms with Crippen LogP contribution in [0.2, 0.25) is 0 Å². The highest BCUT2D eigenvalue weighted by molar-refractivity contribution is 7.92. The first-order chi connectivity index (χ1) is 10.0. The van der Waals surface area contributed by atoms with Crippen LogP contribution in [0, 0.1) is 0 Å². The van der Waals surface area contributed by atoms with Crippen molar-refractivity contribution in [3.8, 4) is 5.75 Å². The van der Waals surface area contributed by atoms with Gasteiger partial charge in [0.2, 0.25) is 0 Å². The van der Waals surface area contributed by atoms with Crippen LogP contribution in [0.1, 0.15) is 44.3 Å². The molecule has 0 aliphatic carbocycles. The second kappa shape index (κ2) is 6.79. The third kappa shape index (κ3) is 3.23. The van der Waals surface area contributed by atoms with Crippen molar-refractivity contribution in [3.63, 3.8) is 0 Å². The van der Waals surface area contributed by atoms with Crippen LogP contribution in [-0.2, 0) is 16.4 Å². The SMILES string of the molecule is CCCn1ncc(OC)c1C(NC)C1CCCCS1(=O)=O. The molecule has 0 bridgehead atoms. The molecule has 1 aromatic heterocycles. The summed E-state index contributed by atoms with van der Waals surface area (Å²) in [7, 11) is 0.322. The average molecular weight is 315 g/mol. The van der Waals surface area contributed by atoms with Crippen molar-refractivity contribution in [1.29, 1.82) is 0 Å². The molecule has 0 spiro atoms. The van der Waals surface area contributed by atoms with Gasteiger partial charge in [0.1, 0.15) is 0 Å². The van der Waals surface area contributed by atoms with E-state index in [-0.39, 0.29) is 11.8 Å². The molecule has 2 heterocycles. The Labute approximate surface area is 126 Å². The first-order valence-corrected chi connectivity index (χ1v) is 9.25. The molecule has 0 aromatic carbocycles. The molecule has 0 amide bonds. The third-order valence-corrected chi connectivity index (χ3v) is 6.39. The van der Waals surface area contributed by atoms with Crippen LogP contribution in [0.4, 0.5) is 0 Å². The van der Waals surface area contributed by atoms with Crippen LogP contribution in [0.15, 0.2) is 6.20 Å². The summed E-state index contributed by atoms with van der Waals surface area (Å²) in [6, 6.07) is -0.278. The molecule has 6 nitrogen and oxygen atoms in total. The minimum absolute atomic E-state index is 0.278. The third-order valence-electron chi connectivity index (χ3n) is 4.11. The molecule has 1 aromatic rings. The van der Waals surface area contributed by atoms with Gasteiger partial charge in [-0.05, 0) is 26.3 Å². The summed E-state index contributed by atoms with van der Waals surface area (Å²) in [5.41, 5.74) is 0.845. The van der Waals surface area contributed by atoms with Gasteiger partial charge in [0.05, 0.1) is 36.0 Å². The van der Waals surface area contributed by atoms with Crippen LogP contribution < -0.4 is 10.1 Å². The zero-order valence-corrected chi connectivity index (χ0v) is 13.8. The van der Waals surface area contributed by atoms with Crippen LogP contribution in [0.3, 0.4) is 0 Å². The van der Waals surface area contributed by atoms with E-state index in [1.54, 1.807) is 20.4 Å². The minimum Gasteiger partial charge on any atom is -0.493 e. The van der Waals surface area contributed by atoms with Crippen molar-refractivity contribution in [2.24, 2.45) is 0 Å². The fraction of sp³-hybridized carbons (Fsp3) is 0.786.